The van der Waals surface area contributed by atoms with Gasteiger partial charge < -0.3 is 25.3 Å². The molecule has 3 aromatic rings. The van der Waals surface area contributed by atoms with Crippen molar-refractivity contribution in [3.8, 4) is 17.1 Å². The van der Waals surface area contributed by atoms with Gasteiger partial charge in [0.05, 0.1) is 13.2 Å². The van der Waals surface area contributed by atoms with Crippen LogP contribution < -0.4 is 10.5 Å². The Morgan fingerprint density at radius 2 is 1.85 bits per heavy atom. The smallest absolute Gasteiger partial charge is 0.414 e. The van der Waals surface area contributed by atoms with E-state index < -0.39 is 4.92 Å². The number of ether oxygens (including phenoxy) is 2. The van der Waals surface area contributed by atoms with Crippen molar-refractivity contribution in [2.75, 3.05) is 12.3 Å². The predicted octanol–water partition coefficient (Wildman–Crippen LogP) is 3.02. The van der Waals surface area contributed by atoms with Gasteiger partial charge in [0.1, 0.15) is 18.9 Å². The highest BCUT2D eigenvalue weighted by Crippen LogP contribution is 2.24. The Bertz CT molecular complexity index is 951. The SMILES string of the molecule is Nc1ccc(-c2ccc(CO[C@@H]3COc4nc([N+](=O)[O-])cn4C3)cc2)cc1. The van der Waals surface area contributed by atoms with Crippen LogP contribution in [0.5, 0.6) is 6.01 Å². The number of hydrogen-bond acceptors (Lipinski definition) is 6. The van der Waals surface area contributed by atoms with Crippen LogP contribution in [-0.4, -0.2) is 27.2 Å². The number of fused-ring (bicyclic) bond motifs is 1. The molecule has 0 aliphatic carbocycles. The molecule has 1 atom stereocenters. The summed E-state index contributed by atoms with van der Waals surface area (Å²) >= 11 is 0. The van der Waals surface area contributed by atoms with Crippen molar-refractivity contribution in [2.45, 2.75) is 19.3 Å². The van der Waals surface area contributed by atoms with Crippen LogP contribution in [0.1, 0.15) is 5.56 Å². The molecule has 2 N–H and O–H groups in total. The fraction of sp³-hybridized carbons (Fsp3) is 0.211. The predicted molar refractivity (Wildman–Crippen MR) is 99.2 cm³/mol. The van der Waals surface area contributed by atoms with E-state index in [4.69, 9.17) is 15.2 Å². The molecule has 8 nitrogen and oxygen atoms in total. The lowest BCUT2D eigenvalue weighted by molar-refractivity contribution is -0.389. The maximum atomic E-state index is 10.8. The average Bonchev–Trinajstić information content (AvgIpc) is 3.11. The van der Waals surface area contributed by atoms with Gasteiger partial charge in [0.15, 0.2) is 0 Å². The summed E-state index contributed by atoms with van der Waals surface area (Å²) in [6.45, 7) is 1.22. The molecule has 0 radical (unpaired) electrons. The summed E-state index contributed by atoms with van der Waals surface area (Å²) in [6.07, 6.45) is 1.18. The number of nitrogens with zero attached hydrogens (tertiary/aromatic N) is 3. The fourth-order valence-corrected chi connectivity index (χ4v) is 2.94. The van der Waals surface area contributed by atoms with Crippen molar-refractivity contribution in [1.82, 2.24) is 9.55 Å². The Morgan fingerprint density at radius 3 is 2.52 bits per heavy atom. The number of nitrogens with two attached hydrogens (primary N) is 1. The van der Waals surface area contributed by atoms with Gasteiger partial charge >= 0.3 is 11.8 Å². The van der Waals surface area contributed by atoms with Gasteiger partial charge in [-0.15, -0.1) is 0 Å². The average molecular weight is 366 g/mol. The zero-order valence-corrected chi connectivity index (χ0v) is 14.4. The quantitative estimate of drug-likeness (QED) is 0.423. The minimum atomic E-state index is -0.535. The van der Waals surface area contributed by atoms with E-state index in [9.17, 15) is 10.1 Å². The van der Waals surface area contributed by atoms with Crippen LogP contribution in [0.15, 0.2) is 54.7 Å². The van der Waals surface area contributed by atoms with Crippen molar-refractivity contribution in [3.63, 3.8) is 0 Å². The highest BCUT2D eigenvalue weighted by molar-refractivity contribution is 5.65. The van der Waals surface area contributed by atoms with E-state index in [1.807, 2.05) is 48.5 Å². The number of nitrogen functional groups attached to an aromatic ring is 1. The monoisotopic (exact) mass is 366 g/mol. The third-order valence-corrected chi connectivity index (χ3v) is 4.40. The fourth-order valence-electron chi connectivity index (χ4n) is 2.94. The van der Waals surface area contributed by atoms with Gasteiger partial charge in [-0.1, -0.05) is 36.4 Å². The molecule has 0 saturated carbocycles. The zero-order valence-electron chi connectivity index (χ0n) is 14.4. The molecule has 8 heteroatoms. The standard InChI is InChI=1S/C19H18N4O4/c20-16-7-5-15(6-8-16)14-3-1-13(2-4-14)11-26-17-9-22-10-18(23(24)25)21-19(22)27-12-17/h1-8,10,17H,9,11-12,20H2/t17-/m0/s1. The van der Waals surface area contributed by atoms with Gasteiger partial charge in [-0.2, -0.15) is 0 Å². The van der Waals surface area contributed by atoms with Gasteiger partial charge in [-0.25, -0.2) is 0 Å². The first-order valence-electron chi connectivity index (χ1n) is 8.49. The molecular formula is C19H18N4O4. The molecule has 138 valence electrons. The highest BCUT2D eigenvalue weighted by Gasteiger charge is 2.28. The second-order valence-electron chi connectivity index (χ2n) is 6.35. The molecule has 27 heavy (non-hydrogen) atoms. The maximum absolute atomic E-state index is 10.8. The molecule has 0 unspecified atom stereocenters. The van der Waals surface area contributed by atoms with Gasteiger partial charge in [-0.3, -0.25) is 4.57 Å². The van der Waals surface area contributed by atoms with Crippen LogP contribution >= 0.6 is 0 Å². The van der Waals surface area contributed by atoms with Gasteiger partial charge in [-0.05, 0) is 33.7 Å². The van der Waals surface area contributed by atoms with Crippen molar-refractivity contribution < 1.29 is 14.4 Å². The van der Waals surface area contributed by atoms with E-state index in [0.29, 0.717) is 19.8 Å². The lowest BCUT2D eigenvalue weighted by atomic mass is 10.0. The number of nitro groups is 1. The third-order valence-electron chi connectivity index (χ3n) is 4.40. The second-order valence-corrected chi connectivity index (χ2v) is 6.35. The summed E-state index contributed by atoms with van der Waals surface area (Å²) in [5.41, 5.74) is 9.71. The van der Waals surface area contributed by atoms with Gasteiger partial charge in [0.2, 0.25) is 0 Å². The molecule has 2 aromatic carbocycles. The minimum absolute atomic E-state index is 0.192. The van der Waals surface area contributed by atoms with Crippen LogP contribution in [-0.2, 0) is 17.9 Å². The van der Waals surface area contributed by atoms with Crippen LogP contribution in [0.4, 0.5) is 11.5 Å². The van der Waals surface area contributed by atoms with Crippen molar-refractivity contribution >= 4 is 11.5 Å². The third kappa shape index (κ3) is 3.75. The van der Waals surface area contributed by atoms with Crippen LogP contribution in [0, 0.1) is 10.1 Å². The van der Waals surface area contributed by atoms with Crippen LogP contribution in [0.3, 0.4) is 0 Å². The molecule has 4 rings (SSSR count). The Morgan fingerprint density at radius 1 is 1.19 bits per heavy atom. The van der Waals surface area contributed by atoms with Crippen LogP contribution in [0.25, 0.3) is 11.1 Å². The number of rotatable bonds is 5. The number of benzene rings is 2. The number of anilines is 1. The lowest BCUT2D eigenvalue weighted by Gasteiger charge is -2.22. The first-order valence-corrected chi connectivity index (χ1v) is 8.49. The van der Waals surface area contributed by atoms with Crippen LogP contribution in [0.2, 0.25) is 0 Å². The van der Waals surface area contributed by atoms with Crippen molar-refractivity contribution in [3.05, 3.63) is 70.4 Å². The van der Waals surface area contributed by atoms with Crippen molar-refractivity contribution in [1.29, 1.82) is 0 Å². The Kier molecular flexibility index (Phi) is 4.47. The Labute approximate surface area is 155 Å². The molecule has 2 heterocycles. The van der Waals surface area contributed by atoms with Crippen molar-refractivity contribution in [2.24, 2.45) is 0 Å². The number of aromatic nitrogens is 2. The molecule has 0 amide bonds. The molecule has 0 saturated heterocycles. The second kappa shape index (κ2) is 7.08. The zero-order chi connectivity index (χ0) is 18.8. The summed E-state index contributed by atoms with van der Waals surface area (Å²) in [4.78, 5) is 14.1. The van der Waals surface area contributed by atoms with E-state index in [2.05, 4.69) is 4.98 Å². The van der Waals surface area contributed by atoms with E-state index in [-0.39, 0.29) is 17.9 Å². The topological polar surface area (TPSA) is 105 Å². The summed E-state index contributed by atoms with van der Waals surface area (Å²) in [6, 6.07) is 16.1. The summed E-state index contributed by atoms with van der Waals surface area (Å²) in [5.74, 6) is -0.219. The highest BCUT2D eigenvalue weighted by atomic mass is 16.6. The summed E-state index contributed by atoms with van der Waals surface area (Å²) in [5, 5.41) is 10.8. The minimum Gasteiger partial charge on any atom is -0.443 e. The van der Waals surface area contributed by atoms with E-state index in [0.717, 1.165) is 22.4 Å². The molecule has 0 spiro atoms. The largest absolute Gasteiger partial charge is 0.443 e. The Hall–Kier alpha value is -3.39. The number of imidazole rings is 1. The molecule has 1 aromatic heterocycles. The van der Waals surface area contributed by atoms with E-state index in [1.165, 1.54) is 6.20 Å². The molecule has 1 aliphatic rings. The molecule has 0 fully saturated rings. The normalized spacial score (nSPS) is 15.8. The van der Waals surface area contributed by atoms with Gasteiger partial charge in [0, 0.05) is 10.7 Å². The maximum Gasteiger partial charge on any atom is 0.414 e. The summed E-state index contributed by atoms with van der Waals surface area (Å²) in [7, 11) is 0. The van der Waals surface area contributed by atoms with Gasteiger partial charge in [0.25, 0.3) is 0 Å². The molecular weight excluding hydrogens is 348 g/mol. The Balaban J connectivity index is 1.36. The number of hydrogen-bond donors (Lipinski definition) is 1. The van der Waals surface area contributed by atoms with E-state index >= 15 is 0 Å². The lowest BCUT2D eigenvalue weighted by Crippen LogP contribution is -2.32. The molecule has 0 bridgehead atoms. The molecule has 1 aliphatic heterocycles. The first kappa shape index (κ1) is 17.0. The summed E-state index contributed by atoms with van der Waals surface area (Å²) < 4.78 is 13.0. The first-order chi connectivity index (χ1) is 13.1. The van der Waals surface area contributed by atoms with E-state index in [1.54, 1.807) is 4.57 Å².